The predicted molar refractivity (Wildman–Crippen MR) is 80.7 cm³/mol. The van der Waals surface area contributed by atoms with Gasteiger partial charge in [-0.25, -0.2) is 0 Å². The van der Waals surface area contributed by atoms with E-state index < -0.39 is 6.10 Å². The Hall–Kier alpha value is -2.22. The molecule has 1 aliphatic rings. The first kappa shape index (κ1) is 15.2. The van der Waals surface area contributed by atoms with E-state index in [1.807, 2.05) is 6.07 Å². The van der Waals surface area contributed by atoms with Crippen molar-refractivity contribution in [3.63, 3.8) is 0 Å². The summed E-state index contributed by atoms with van der Waals surface area (Å²) in [7, 11) is 0. The van der Waals surface area contributed by atoms with Gasteiger partial charge in [-0.2, -0.15) is 5.26 Å². The third kappa shape index (κ3) is 4.12. The van der Waals surface area contributed by atoms with Crippen molar-refractivity contribution in [1.29, 1.82) is 5.26 Å². The smallest absolute Gasteiger partial charge is 0.260 e. The quantitative estimate of drug-likeness (QED) is 0.832. The highest BCUT2D eigenvalue weighted by Crippen LogP contribution is 2.23. The van der Waals surface area contributed by atoms with E-state index in [1.165, 1.54) is 19.3 Å². The molecule has 0 radical (unpaired) electrons. The van der Waals surface area contributed by atoms with E-state index in [-0.39, 0.29) is 11.9 Å². The van der Waals surface area contributed by atoms with Gasteiger partial charge in [0.15, 0.2) is 6.10 Å². The number of benzene rings is 1. The highest BCUT2D eigenvalue weighted by molar-refractivity contribution is 5.81. The Balaban J connectivity index is 1.92. The second kappa shape index (κ2) is 6.98. The molecule has 0 heterocycles. The van der Waals surface area contributed by atoms with Crippen LogP contribution < -0.4 is 15.8 Å². The van der Waals surface area contributed by atoms with Gasteiger partial charge < -0.3 is 15.8 Å². The normalized spacial score (nSPS) is 16.8. The molecule has 1 aliphatic carbocycles. The van der Waals surface area contributed by atoms with E-state index in [1.54, 1.807) is 25.1 Å². The zero-order valence-electron chi connectivity index (χ0n) is 12.3. The summed E-state index contributed by atoms with van der Waals surface area (Å²) < 4.78 is 5.60. The van der Waals surface area contributed by atoms with Crippen LogP contribution in [0.3, 0.4) is 0 Å². The lowest BCUT2D eigenvalue weighted by Gasteiger charge is -2.24. The Labute approximate surface area is 125 Å². The van der Waals surface area contributed by atoms with Crippen LogP contribution in [0.2, 0.25) is 0 Å². The molecule has 1 aromatic carbocycles. The van der Waals surface area contributed by atoms with Crippen molar-refractivity contribution < 1.29 is 9.53 Å². The third-order valence-corrected chi connectivity index (χ3v) is 3.76. The molecule has 21 heavy (non-hydrogen) atoms. The Bertz CT molecular complexity index is 545. The molecule has 0 saturated heterocycles. The average molecular weight is 287 g/mol. The first-order chi connectivity index (χ1) is 10.1. The number of nitriles is 1. The summed E-state index contributed by atoms with van der Waals surface area (Å²) in [5.41, 5.74) is 6.66. The second-order valence-electron chi connectivity index (χ2n) is 5.47. The molecule has 1 fully saturated rings. The molecule has 112 valence electrons. The van der Waals surface area contributed by atoms with Crippen molar-refractivity contribution in [2.75, 3.05) is 5.73 Å². The maximum atomic E-state index is 12.1. The lowest BCUT2D eigenvalue weighted by Crippen LogP contribution is -2.43. The van der Waals surface area contributed by atoms with Gasteiger partial charge in [0, 0.05) is 6.04 Å². The zero-order chi connectivity index (χ0) is 15.2. The maximum absolute atomic E-state index is 12.1. The Morgan fingerprint density at radius 3 is 2.76 bits per heavy atom. The molecule has 5 nitrogen and oxygen atoms in total. The molecule has 1 unspecified atom stereocenters. The number of nitrogen functional groups attached to an aromatic ring is 1. The van der Waals surface area contributed by atoms with Gasteiger partial charge in [-0.1, -0.05) is 19.3 Å². The van der Waals surface area contributed by atoms with E-state index in [2.05, 4.69) is 5.32 Å². The molecular formula is C16H21N3O2. The van der Waals surface area contributed by atoms with E-state index in [9.17, 15) is 4.79 Å². The number of hydrogen-bond donors (Lipinski definition) is 2. The number of nitrogens with zero attached hydrogens (tertiary/aromatic N) is 1. The molecule has 3 N–H and O–H groups in total. The van der Waals surface area contributed by atoms with Crippen LogP contribution in [0.25, 0.3) is 0 Å². The number of anilines is 1. The molecule has 2 rings (SSSR count). The Kier molecular flexibility index (Phi) is 5.04. The maximum Gasteiger partial charge on any atom is 0.260 e. The number of carbonyl (C=O) groups excluding carboxylic acids is 1. The van der Waals surface area contributed by atoms with Gasteiger partial charge in [0.05, 0.1) is 17.3 Å². The average Bonchev–Trinajstić information content (AvgIpc) is 2.50. The van der Waals surface area contributed by atoms with Crippen LogP contribution in [0, 0.1) is 11.3 Å². The molecule has 0 aliphatic heterocycles. The second-order valence-corrected chi connectivity index (χ2v) is 5.47. The largest absolute Gasteiger partial charge is 0.479 e. The first-order valence-electron chi connectivity index (χ1n) is 7.37. The lowest BCUT2D eigenvalue weighted by atomic mass is 9.95. The molecule has 0 spiro atoms. The molecule has 1 aromatic rings. The van der Waals surface area contributed by atoms with Crippen LogP contribution in [0.15, 0.2) is 18.2 Å². The zero-order valence-corrected chi connectivity index (χ0v) is 12.3. The topological polar surface area (TPSA) is 88.1 Å². The molecule has 5 heteroatoms. The summed E-state index contributed by atoms with van der Waals surface area (Å²) in [6.07, 6.45) is 5.06. The summed E-state index contributed by atoms with van der Waals surface area (Å²) in [4.78, 5) is 12.1. The predicted octanol–water partition coefficient (Wildman–Crippen LogP) is 2.36. The minimum Gasteiger partial charge on any atom is -0.479 e. The molecule has 1 amide bonds. The van der Waals surface area contributed by atoms with Gasteiger partial charge in [-0.3, -0.25) is 4.79 Å². The third-order valence-electron chi connectivity index (χ3n) is 3.76. The minimum absolute atomic E-state index is 0.120. The van der Waals surface area contributed by atoms with Crippen LogP contribution in [-0.4, -0.2) is 18.1 Å². The number of amides is 1. The summed E-state index contributed by atoms with van der Waals surface area (Å²) in [5.74, 6) is 0.311. The van der Waals surface area contributed by atoms with Crippen molar-refractivity contribution in [2.24, 2.45) is 0 Å². The Morgan fingerprint density at radius 1 is 1.43 bits per heavy atom. The molecule has 0 aromatic heterocycles. The number of ether oxygens (including phenoxy) is 1. The summed E-state index contributed by atoms with van der Waals surface area (Å²) in [5, 5.41) is 11.8. The number of nitrogens with two attached hydrogens (primary N) is 1. The van der Waals surface area contributed by atoms with Crippen molar-refractivity contribution in [1.82, 2.24) is 5.32 Å². The number of carbonyl (C=O) groups is 1. The van der Waals surface area contributed by atoms with Gasteiger partial charge >= 0.3 is 0 Å². The van der Waals surface area contributed by atoms with Crippen LogP contribution in [0.1, 0.15) is 44.6 Å². The molecule has 1 atom stereocenters. The number of rotatable bonds is 4. The fourth-order valence-electron chi connectivity index (χ4n) is 2.53. The highest BCUT2D eigenvalue weighted by atomic mass is 16.5. The van der Waals surface area contributed by atoms with E-state index >= 15 is 0 Å². The SMILES string of the molecule is CC(Oc1ccc(C#N)cc1N)C(=O)NC1CCCCC1. The summed E-state index contributed by atoms with van der Waals surface area (Å²) in [6.45, 7) is 1.70. The van der Waals surface area contributed by atoms with Gasteiger partial charge in [0.2, 0.25) is 0 Å². The first-order valence-corrected chi connectivity index (χ1v) is 7.37. The van der Waals surface area contributed by atoms with Gasteiger partial charge in [0.1, 0.15) is 5.75 Å². The van der Waals surface area contributed by atoms with E-state index in [0.29, 0.717) is 17.0 Å². The summed E-state index contributed by atoms with van der Waals surface area (Å²) in [6, 6.07) is 7.06. The fraction of sp³-hybridized carbons (Fsp3) is 0.500. The van der Waals surface area contributed by atoms with Crippen molar-refractivity contribution in [3.8, 4) is 11.8 Å². The van der Waals surface area contributed by atoms with E-state index in [0.717, 1.165) is 12.8 Å². The van der Waals surface area contributed by atoms with Crippen LogP contribution in [0.5, 0.6) is 5.75 Å². The number of nitrogens with one attached hydrogen (secondary N) is 1. The van der Waals surface area contributed by atoms with Gasteiger partial charge in [-0.15, -0.1) is 0 Å². The van der Waals surface area contributed by atoms with Crippen molar-refractivity contribution >= 4 is 11.6 Å². The Morgan fingerprint density at radius 2 is 2.14 bits per heavy atom. The minimum atomic E-state index is -0.609. The van der Waals surface area contributed by atoms with Crippen LogP contribution >= 0.6 is 0 Å². The van der Waals surface area contributed by atoms with Crippen LogP contribution in [-0.2, 0) is 4.79 Å². The monoisotopic (exact) mass is 287 g/mol. The van der Waals surface area contributed by atoms with Gasteiger partial charge in [0.25, 0.3) is 5.91 Å². The lowest BCUT2D eigenvalue weighted by molar-refractivity contribution is -0.128. The van der Waals surface area contributed by atoms with Crippen LogP contribution in [0.4, 0.5) is 5.69 Å². The fourth-order valence-corrected chi connectivity index (χ4v) is 2.53. The molecule has 1 saturated carbocycles. The number of hydrogen-bond acceptors (Lipinski definition) is 4. The summed E-state index contributed by atoms with van der Waals surface area (Å²) >= 11 is 0. The van der Waals surface area contributed by atoms with E-state index in [4.69, 9.17) is 15.7 Å². The highest BCUT2D eigenvalue weighted by Gasteiger charge is 2.21. The standard InChI is InChI=1S/C16H21N3O2/c1-11(16(20)19-13-5-3-2-4-6-13)21-15-8-7-12(10-17)9-14(15)18/h7-9,11,13H,2-6,18H2,1H3,(H,19,20). The van der Waals surface area contributed by atoms with Gasteiger partial charge in [-0.05, 0) is 38.0 Å². The molecular weight excluding hydrogens is 266 g/mol. The van der Waals surface area contributed by atoms with Crippen molar-refractivity contribution in [3.05, 3.63) is 23.8 Å². The van der Waals surface area contributed by atoms with Crippen molar-refractivity contribution in [2.45, 2.75) is 51.2 Å². The molecule has 0 bridgehead atoms.